The molecular formula is C23H14FN9. The van der Waals surface area contributed by atoms with E-state index in [9.17, 15) is 0 Å². The lowest BCUT2D eigenvalue weighted by atomic mass is 10.1. The van der Waals surface area contributed by atoms with Gasteiger partial charge < -0.3 is 0 Å². The number of aromatic nitrogens is 8. The molecule has 33 heavy (non-hydrogen) atoms. The van der Waals surface area contributed by atoms with E-state index in [1.165, 1.54) is 12.3 Å². The number of halogens is 1. The second kappa shape index (κ2) is 7.35. The summed E-state index contributed by atoms with van der Waals surface area (Å²) in [6, 6.07) is 16.3. The first-order chi connectivity index (χ1) is 16.2. The lowest BCUT2D eigenvalue weighted by Crippen LogP contribution is -2.05. The van der Waals surface area contributed by atoms with Gasteiger partial charge in [0, 0.05) is 23.3 Å². The van der Waals surface area contributed by atoms with Crippen LogP contribution in [0.15, 0.2) is 67.1 Å². The zero-order valence-electron chi connectivity index (χ0n) is 17.0. The maximum absolute atomic E-state index is 15.0. The van der Waals surface area contributed by atoms with Crippen LogP contribution in [0.1, 0.15) is 11.3 Å². The zero-order chi connectivity index (χ0) is 22.4. The molecule has 158 valence electrons. The zero-order valence-corrected chi connectivity index (χ0v) is 17.0. The van der Waals surface area contributed by atoms with Crippen LogP contribution < -0.4 is 0 Å². The van der Waals surface area contributed by atoms with E-state index in [0.29, 0.717) is 23.2 Å². The molecule has 9 nitrogen and oxygen atoms in total. The van der Waals surface area contributed by atoms with Gasteiger partial charge in [-0.3, -0.25) is 14.8 Å². The van der Waals surface area contributed by atoms with Gasteiger partial charge in [-0.2, -0.15) is 15.5 Å². The summed E-state index contributed by atoms with van der Waals surface area (Å²) in [5.74, 6) is -0.472. The Morgan fingerprint density at radius 2 is 2.00 bits per heavy atom. The molecule has 0 saturated carbocycles. The largest absolute Gasteiger partial charge is 0.278 e. The highest BCUT2D eigenvalue weighted by atomic mass is 19.1. The highest BCUT2D eigenvalue weighted by Gasteiger charge is 2.16. The predicted octanol–water partition coefficient (Wildman–Crippen LogP) is 3.61. The molecule has 0 bridgehead atoms. The van der Waals surface area contributed by atoms with Crippen molar-refractivity contribution in [1.29, 1.82) is 5.26 Å². The highest BCUT2D eigenvalue weighted by Crippen LogP contribution is 2.28. The Morgan fingerprint density at radius 3 is 2.85 bits per heavy atom. The Bertz CT molecular complexity index is 1670. The second-order valence-electron chi connectivity index (χ2n) is 7.49. The van der Waals surface area contributed by atoms with Crippen molar-refractivity contribution in [3.05, 3.63) is 84.2 Å². The van der Waals surface area contributed by atoms with Gasteiger partial charge in [-0.1, -0.05) is 5.21 Å². The molecule has 6 rings (SSSR count). The van der Waals surface area contributed by atoms with E-state index in [1.807, 2.05) is 30.3 Å². The van der Waals surface area contributed by atoms with E-state index < -0.39 is 5.82 Å². The molecule has 1 N–H and O–H groups in total. The van der Waals surface area contributed by atoms with Crippen molar-refractivity contribution in [3.8, 4) is 23.0 Å². The van der Waals surface area contributed by atoms with E-state index in [0.717, 1.165) is 28.0 Å². The van der Waals surface area contributed by atoms with Gasteiger partial charge in [0.15, 0.2) is 5.82 Å². The number of benzene rings is 2. The molecule has 0 amide bonds. The summed E-state index contributed by atoms with van der Waals surface area (Å²) < 4.78 is 18.3. The molecule has 4 heterocycles. The molecule has 10 heteroatoms. The number of nitriles is 1. The van der Waals surface area contributed by atoms with Gasteiger partial charge in [0.05, 0.1) is 46.4 Å². The Morgan fingerprint density at radius 1 is 1.06 bits per heavy atom. The fourth-order valence-corrected chi connectivity index (χ4v) is 3.82. The summed E-state index contributed by atoms with van der Waals surface area (Å²) in [5.41, 5.74) is 4.88. The number of hydrogen-bond donors (Lipinski definition) is 1. The fraction of sp³-hybridized carbons (Fsp3) is 0.0435. The standard InChI is InChI=1S/C23H14FN9/c24-19-7-16(21-5-6-28-32(21)13-17-3-1-14(10-25)11-26-17)8-22-23(19)30-31-33(22)18-4-2-15-12-27-29-20(15)9-18/h1-9,11-12H,13H2,(H,27,29). The van der Waals surface area contributed by atoms with Crippen molar-refractivity contribution >= 4 is 21.9 Å². The minimum absolute atomic E-state index is 0.184. The number of nitrogens with zero attached hydrogens (tertiary/aromatic N) is 8. The van der Waals surface area contributed by atoms with Gasteiger partial charge in [0.25, 0.3) is 0 Å². The minimum Gasteiger partial charge on any atom is -0.278 e. The van der Waals surface area contributed by atoms with Gasteiger partial charge in [0.1, 0.15) is 11.6 Å². The molecule has 0 aliphatic rings. The first-order valence-corrected chi connectivity index (χ1v) is 10.1. The quantitative estimate of drug-likeness (QED) is 0.452. The lowest BCUT2D eigenvalue weighted by molar-refractivity contribution is 0.635. The van der Waals surface area contributed by atoms with Crippen LogP contribution in [-0.2, 0) is 6.54 Å². The molecule has 0 saturated heterocycles. The van der Waals surface area contributed by atoms with Crippen molar-refractivity contribution in [3.63, 3.8) is 0 Å². The van der Waals surface area contributed by atoms with E-state index in [1.54, 1.807) is 33.9 Å². The van der Waals surface area contributed by atoms with Crippen LogP contribution in [-0.4, -0.2) is 40.0 Å². The number of fused-ring (bicyclic) bond motifs is 2. The van der Waals surface area contributed by atoms with Gasteiger partial charge in [-0.15, -0.1) is 5.10 Å². The number of hydrogen-bond acceptors (Lipinski definition) is 6. The molecule has 0 fully saturated rings. The van der Waals surface area contributed by atoms with Crippen LogP contribution in [0, 0.1) is 17.1 Å². The number of rotatable bonds is 4. The average molecular weight is 435 g/mol. The van der Waals surface area contributed by atoms with Crippen LogP contribution in [0.25, 0.3) is 38.9 Å². The fourth-order valence-electron chi connectivity index (χ4n) is 3.82. The van der Waals surface area contributed by atoms with Crippen LogP contribution in [0.3, 0.4) is 0 Å². The molecule has 0 aliphatic heterocycles. The number of H-pyrrole nitrogens is 1. The Kier molecular flexibility index (Phi) is 4.19. The molecule has 2 aromatic carbocycles. The SMILES string of the molecule is N#Cc1ccc(Cn2nccc2-c2cc(F)c3nnn(-c4ccc5cn[nH]c5c4)c3c2)nc1. The molecule has 0 radical (unpaired) electrons. The summed E-state index contributed by atoms with van der Waals surface area (Å²) in [7, 11) is 0. The first-order valence-electron chi connectivity index (χ1n) is 10.1. The normalized spacial score (nSPS) is 11.3. The summed E-state index contributed by atoms with van der Waals surface area (Å²) in [4.78, 5) is 4.30. The van der Waals surface area contributed by atoms with Crippen LogP contribution in [0.4, 0.5) is 4.39 Å². The summed E-state index contributed by atoms with van der Waals surface area (Å²) in [6.07, 6.45) is 4.91. The summed E-state index contributed by atoms with van der Waals surface area (Å²) >= 11 is 0. The molecule has 0 atom stereocenters. The topological polar surface area (TPSA) is 114 Å². The maximum Gasteiger partial charge on any atom is 0.153 e. The van der Waals surface area contributed by atoms with Crippen LogP contribution in [0.5, 0.6) is 0 Å². The third kappa shape index (κ3) is 3.19. The van der Waals surface area contributed by atoms with Gasteiger partial charge in [0.2, 0.25) is 0 Å². The van der Waals surface area contributed by atoms with E-state index in [4.69, 9.17) is 5.26 Å². The molecule has 4 aromatic heterocycles. The van der Waals surface area contributed by atoms with Gasteiger partial charge in [-0.05, 0) is 48.5 Å². The van der Waals surface area contributed by atoms with E-state index >= 15 is 4.39 Å². The third-order valence-electron chi connectivity index (χ3n) is 5.45. The van der Waals surface area contributed by atoms with Crippen molar-refractivity contribution < 1.29 is 4.39 Å². The van der Waals surface area contributed by atoms with Crippen molar-refractivity contribution in [2.24, 2.45) is 0 Å². The third-order valence-corrected chi connectivity index (χ3v) is 5.45. The van der Waals surface area contributed by atoms with Crippen LogP contribution >= 0.6 is 0 Å². The molecular weight excluding hydrogens is 421 g/mol. The smallest absolute Gasteiger partial charge is 0.153 e. The Hall–Kier alpha value is -4.91. The summed E-state index contributed by atoms with van der Waals surface area (Å²) in [5, 5.41) is 29.5. The highest BCUT2D eigenvalue weighted by molar-refractivity contribution is 5.85. The van der Waals surface area contributed by atoms with E-state index in [2.05, 4.69) is 36.7 Å². The number of aromatic amines is 1. The molecule has 6 aromatic rings. The number of pyridine rings is 1. The Labute approximate surface area is 185 Å². The number of nitrogens with one attached hydrogen (secondary N) is 1. The average Bonchev–Trinajstić information content (AvgIpc) is 3.58. The summed E-state index contributed by atoms with van der Waals surface area (Å²) in [6.45, 7) is 0.377. The van der Waals surface area contributed by atoms with Gasteiger partial charge >= 0.3 is 0 Å². The van der Waals surface area contributed by atoms with Crippen molar-refractivity contribution in [1.82, 2.24) is 40.0 Å². The lowest BCUT2D eigenvalue weighted by Gasteiger charge is -2.09. The molecule has 0 aliphatic carbocycles. The monoisotopic (exact) mass is 435 g/mol. The first kappa shape index (κ1) is 18.8. The minimum atomic E-state index is -0.472. The molecule has 0 unspecified atom stereocenters. The van der Waals surface area contributed by atoms with Crippen molar-refractivity contribution in [2.75, 3.05) is 0 Å². The molecule has 0 spiro atoms. The predicted molar refractivity (Wildman–Crippen MR) is 118 cm³/mol. The van der Waals surface area contributed by atoms with Crippen molar-refractivity contribution in [2.45, 2.75) is 6.54 Å². The van der Waals surface area contributed by atoms with Gasteiger partial charge in [-0.25, -0.2) is 9.07 Å². The maximum atomic E-state index is 15.0. The van der Waals surface area contributed by atoms with Crippen LogP contribution in [0.2, 0.25) is 0 Å². The van der Waals surface area contributed by atoms with E-state index in [-0.39, 0.29) is 5.52 Å². The Balaban J connectivity index is 1.43. The second-order valence-corrected chi connectivity index (χ2v) is 7.49.